The van der Waals surface area contributed by atoms with Crippen molar-refractivity contribution in [3.05, 3.63) is 24.3 Å². The van der Waals surface area contributed by atoms with Gasteiger partial charge in [0.05, 0.1) is 11.7 Å². The summed E-state index contributed by atoms with van der Waals surface area (Å²) in [5, 5.41) is 6.08. The lowest BCUT2D eigenvalue weighted by Gasteiger charge is -2.21. The Morgan fingerprint density at radius 2 is 1.91 bits per heavy atom. The maximum absolute atomic E-state index is 12.1. The van der Waals surface area contributed by atoms with Gasteiger partial charge >= 0.3 is 0 Å². The Labute approximate surface area is 143 Å². The van der Waals surface area contributed by atoms with E-state index in [0.29, 0.717) is 24.3 Å². The zero-order valence-corrected chi connectivity index (χ0v) is 14.8. The number of benzene rings is 1. The molecule has 1 heterocycles. The molecule has 1 aliphatic heterocycles. The van der Waals surface area contributed by atoms with Crippen LogP contribution in [-0.2, 0) is 14.8 Å². The average Bonchev–Trinajstić information content (AvgIpc) is 2.49. The fourth-order valence-corrected chi connectivity index (χ4v) is 3.58. The number of nitrogens with one attached hydrogen (secondary N) is 3. The molecule has 0 aliphatic carbocycles. The fourth-order valence-electron chi connectivity index (χ4n) is 2.44. The number of anilines is 2. The molecule has 1 aliphatic rings. The number of hydrogen-bond donors (Lipinski definition) is 3. The number of hydrogen-bond acceptors (Lipinski definition) is 4. The van der Waals surface area contributed by atoms with Crippen molar-refractivity contribution in [2.45, 2.75) is 26.2 Å². The highest BCUT2D eigenvalue weighted by Gasteiger charge is 2.20. The first kappa shape index (κ1) is 19.7. The van der Waals surface area contributed by atoms with Gasteiger partial charge in [0.25, 0.3) is 0 Å². The lowest BCUT2D eigenvalue weighted by molar-refractivity contribution is -0.120. The maximum atomic E-state index is 12.1. The minimum Gasteiger partial charge on any atom is -0.326 e. The molecule has 0 aromatic heterocycles. The van der Waals surface area contributed by atoms with Crippen LogP contribution in [0.25, 0.3) is 0 Å². The van der Waals surface area contributed by atoms with E-state index in [-0.39, 0.29) is 30.0 Å². The van der Waals surface area contributed by atoms with Crippen molar-refractivity contribution < 1.29 is 13.2 Å². The molecule has 23 heavy (non-hydrogen) atoms. The number of rotatable bonds is 6. The molecule has 8 heteroatoms. The van der Waals surface area contributed by atoms with Gasteiger partial charge in [0.15, 0.2) is 0 Å². The van der Waals surface area contributed by atoms with Crippen LogP contribution in [0.2, 0.25) is 0 Å². The zero-order chi connectivity index (χ0) is 16.0. The van der Waals surface area contributed by atoms with Crippen molar-refractivity contribution in [3.63, 3.8) is 0 Å². The molecule has 0 saturated carbocycles. The van der Waals surface area contributed by atoms with Gasteiger partial charge in [0, 0.05) is 17.9 Å². The van der Waals surface area contributed by atoms with Crippen molar-refractivity contribution in [2.24, 2.45) is 5.92 Å². The zero-order valence-electron chi connectivity index (χ0n) is 13.2. The molecule has 0 bridgehead atoms. The molecule has 1 saturated heterocycles. The second-order valence-electron chi connectivity index (χ2n) is 5.53. The summed E-state index contributed by atoms with van der Waals surface area (Å²) in [6, 6.07) is 6.72. The van der Waals surface area contributed by atoms with Crippen molar-refractivity contribution >= 4 is 39.7 Å². The topological polar surface area (TPSA) is 87.3 Å². The summed E-state index contributed by atoms with van der Waals surface area (Å²) in [4.78, 5) is 12.1. The van der Waals surface area contributed by atoms with Crippen molar-refractivity contribution in [1.29, 1.82) is 0 Å². The molecular weight excluding hydrogens is 338 g/mol. The minimum atomic E-state index is -3.28. The highest BCUT2D eigenvalue weighted by Crippen LogP contribution is 2.17. The summed E-state index contributed by atoms with van der Waals surface area (Å²) in [5.41, 5.74) is 1.18. The highest BCUT2D eigenvalue weighted by atomic mass is 35.5. The van der Waals surface area contributed by atoms with Gasteiger partial charge in [0.1, 0.15) is 0 Å². The van der Waals surface area contributed by atoms with Gasteiger partial charge in [-0.25, -0.2) is 8.42 Å². The lowest BCUT2D eigenvalue weighted by Crippen LogP contribution is -2.37. The molecule has 1 fully saturated rings. The third-order valence-electron chi connectivity index (χ3n) is 3.57. The van der Waals surface area contributed by atoms with Gasteiger partial charge in [-0.15, -0.1) is 12.4 Å². The van der Waals surface area contributed by atoms with E-state index in [2.05, 4.69) is 15.4 Å². The minimum absolute atomic E-state index is 0. The van der Waals surface area contributed by atoms with Crippen LogP contribution >= 0.6 is 12.4 Å². The molecule has 1 aromatic carbocycles. The standard InChI is InChI=1S/C15H23N3O3S.ClH/c1-2-10-22(20,21)18-14-7-5-13(6-8-14)17-15(19)12-4-3-9-16-11-12;/h5-8,12,16,18H,2-4,9-11H2,1H3,(H,17,19);1H. The second-order valence-corrected chi connectivity index (χ2v) is 7.37. The van der Waals surface area contributed by atoms with Crippen LogP contribution in [0.15, 0.2) is 24.3 Å². The Morgan fingerprint density at radius 1 is 1.26 bits per heavy atom. The van der Waals surface area contributed by atoms with E-state index in [9.17, 15) is 13.2 Å². The molecule has 2 rings (SSSR count). The van der Waals surface area contributed by atoms with E-state index >= 15 is 0 Å². The smallest absolute Gasteiger partial charge is 0.232 e. The number of carbonyl (C=O) groups excluding carboxylic acids is 1. The third kappa shape index (κ3) is 6.37. The number of halogens is 1. The third-order valence-corrected chi connectivity index (χ3v) is 5.06. The number of carbonyl (C=O) groups is 1. The summed E-state index contributed by atoms with van der Waals surface area (Å²) >= 11 is 0. The fraction of sp³-hybridized carbons (Fsp3) is 0.533. The Balaban J connectivity index is 0.00000264. The summed E-state index contributed by atoms with van der Waals surface area (Å²) < 4.78 is 25.9. The maximum Gasteiger partial charge on any atom is 0.232 e. The second kappa shape index (κ2) is 9.10. The summed E-state index contributed by atoms with van der Waals surface area (Å²) in [7, 11) is -3.28. The van der Waals surface area contributed by atoms with Gasteiger partial charge in [-0.1, -0.05) is 6.92 Å². The SMILES string of the molecule is CCCS(=O)(=O)Nc1ccc(NC(=O)C2CCCNC2)cc1.Cl. The number of amides is 1. The van der Waals surface area contributed by atoms with Gasteiger partial charge in [-0.3, -0.25) is 9.52 Å². The van der Waals surface area contributed by atoms with Crippen LogP contribution in [0.1, 0.15) is 26.2 Å². The van der Waals surface area contributed by atoms with Gasteiger partial charge in [-0.05, 0) is 50.1 Å². The van der Waals surface area contributed by atoms with E-state index in [1.165, 1.54) is 0 Å². The molecule has 1 atom stereocenters. The monoisotopic (exact) mass is 361 g/mol. The average molecular weight is 362 g/mol. The van der Waals surface area contributed by atoms with Crippen LogP contribution in [0.5, 0.6) is 0 Å². The van der Waals surface area contributed by atoms with Crippen LogP contribution in [0.3, 0.4) is 0 Å². The molecule has 0 radical (unpaired) electrons. The largest absolute Gasteiger partial charge is 0.326 e. The van der Waals surface area contributed by atoms with Gasteiger partial charge in [0.2, 0.25) is 15.9 Å². The molecule has 1 aromatic rings. The quantitative estimate of drug-likeness (QED) is 0.724. The van der Waals surface area contributed by atoms with E-state index < -0.39 is 10.0 Å². The predicted molar refractivity (Wildman–Crippen MR) is 95.6 cm³/mol. The lowest BCUT2D eigenvalue weighted by atomic mass is 9.99. The molecule has 130 valence electrons. The molecular formula is C15H24ClN3O3S. The predicted octanol–water partition coefficient (Wildman–Crippen LogP) is 2.20. The number of sulfonamides is 1. The number of piperidine rings is 1. The highest BCUT2D eigenvalue weighted by molar-refractivity contribution is 7.92. The molecule has 1 unspecified atom stereocenters. The molecule has 6 nitrogen and oxygen atoms in total. The van der Waals surface area contributed by atoms with Gasteiger partial charge in [-0.2, -0.15) is 0 Å². The van der Waals surface area contributed by atoms with E-state index in [1.54, 1.807) is 24.3 Å². The molecule has 3 N–H and O–H groups in total. The summed E-state index contributed by atoms with van der Waals surface area (Å²) in [6.07, 6.45) is 2.48. The molecule has 0 spiro atoms. The van der Waals surface area contributed by atoms with Crippen molar-refractivity contribution in [1.82, 2.24) is 5.32 Å². The van der Waals surface area contributed by atoms with Crippen LogP contribution in [-0.4, -0.2) is 33.2 Å². The first-order valence-electron chi connectivity index (χ1n) is 7.62. The Bertz CT molecular complexity index is 599. The van der Waals surface area contributed by atoms with Crippen LogP contribution < -0.4 is 15.4 Å². The van der Waals surface area contributed by atoms with E-state index in [1.807, 2.05) is 6.92 Å². The summed E-state index contributed by atoms with van der Waals surface area (Å²) in [6.45, 7) is 3.50. The normalized spacial score (nSPS) is 17.9. The van der Waals surface area contributed by atoms with Crippen molar-refractivity contribution in [2.75, 3.05) is 28.9 Å². The van der Waals surface area contributed by atoms with Crippen LogP contribution in [0, 0.1) is 5.92 Å². The Morgan fingerprint density at radius 3 is 2.48 bits per heavy atom. The van der Waals surface area contributed by atoms with Gasteiger partial charge < -0.3 is 10.6 Å². The Hall–Kier alpha value is -1.31. The molecule has 1 amide bonds. The van der Waals surface area contributed by atoms with E-state index in [4.69, 9.17) is 0 Å². The summed E-state index contributed by atoms with van der Waals surface area (Å²) in [5.74, 6) is 0.100. The first-order valence-corrected chi connectivity index (χ1v) is 9.27. The van der Waals surface area contributed by atoms with E-state index in [0.717, 1.165) is 19.4 Å². The van der Waals surface area contributed by atoms with Crippen LogP contribution in [0.4, 0.5) is 11.4 Å². The van der Waals surface area contributed by atoms with Crippen molar-refractivity contribution in [3.8, 4) is 0 Å². The Kier molecular flexibility index (Phi) is 7.81. The first-order chi connectivity index (χ1) is 10.5.